The van der Waals surface area contributed by atoms with Crippen LogP contribution >= 0.6 is 0 Å². The maximum atomic E-state index is 11.0. The summed E-state index contributed by atoms with van der Waals surface area (Å²) in [6.07, 6.45) is 0.417. The van der Waals surface area contributed by atoms with Crippen LogP contribution in [0, 0.1) is 0 Å². The topological polar surface area (TPSA) is 35.5 Å². The second kappa shape index (κ2) is 3.43. The van der Waals surface area contributed by atoms with Gasteiger partial charge in [0, 0.05) is 12.0 Å². The van der Waals surface area contributed by atoms with Gasteiger partial charge in [-0.2, -0.15) is 0 Å². The lowest BCUT2D eigenvalue weighted by Crippen LogP contribution is -2.18. The highest BCUT2D eigenvalue weighted by Crippen LogP contribution is 2.18. The molecule has 0 bridgehead atoms. The Bertz CT molecular complexity index is 230. The first-order valence-electron chi connectivity index (χ1n) is 3.76. The largest absolute Gasteiger partial charge is 0.495 e. The Morgan fingerprint density at radius 2 is 2.42 bits per heavy atom. The van der Waals surface area contributed by atoms with Crippen LogP contribution in [0.4, 0.5) is 0 Å². The lowest BCUT2D eigenvalue weighted by atomic mass is 10.3. The summed E-state index contributed by atoms with van der Waals surface area (Å²) in [6.45, 7) is 9.13. The number of carbonyl (C=O) groups is 1. The van der Waals surface area contributed by atoms with Crippen molar-refractivity contribution in [2.45, 2.75) is 19.4 Å². The summed E-state index contributed by atoms with van der Waals surface area (Å²) in [4.78, 5) is 11.0. The van der Waals surface area contributed by atoms with Crippen molar-refractivity contribution < 1.29 is 14.3 Å². The highest BCUT2D eigenvalue weighted by molar-refractivity contribution is 5.87. The Labute approximate surface area is 71.7 Å². The van der Waals surface area contributed by atoms with Gasteiger partial charge < -0.3 is 9.47 Å². The van der Waals surface area contributed by atoms with E-state index in [2.05, 4.69) is 13.2 Å². The van der Waals surface area contributed by atoms with Crippen LogP contribution in [-0.4, -0.2) is 18.7 Å². The first-order chi connectivity index (χ1) is 5.59. The van der Waals surface area contributed by atoms with Gasteiger partial charge in [-0.15, -0.1) is 0 Å². The maximum Gasteiger partial charge on any atom is 0.333 e. The van der Waals surface area contributed by atoms with Crippen LogP contribution in [0.1, 0.15) is 13.3 Å². The van der Waals surface area contributed by atoms with E-state index in [9.17, 15) is 4.79 Å². The zero-order valence-electron chi connectivity index (χ0n) is 7.13. The minimum atomic E-state index is -0.363. The molecule has 3 heteroatoms. The Morgan fingerprint density at radius 3 is 2.83 bits per heavy atom. The standard InChI is InChI=1S/C9H12O3/c1-6(2)9(10)12-8-4-7(3)11-5-8/h8H,1,3-5H2,2H3. The van der Waals surface area contributed by atoms with Gasteiger partial charge in [0.25, 0.3) is 0 Å². The van der Waals surface area contributed by atoms with Crippen molar-refractivity contribution in [3.05, 3.63) is 24.5 Å². The summed E-state index contributed by atoms with van der Waals surface area (Å²) in [5.74, 6) is 0.313. The monoisotopic (exact) mass is 168 g/mol. The van der Waals surface area contributed by atoms with Gasteiger partial charge in [0.05, 0.1) is 5.76 Å². The highest BCUT2D eigenvalue weighted by atomic mass is 16.6. The van der Waals surface area contributed by atoms with Gasteiger partial charge in [-0.25, -0.2) is 4.79 Å². The smallest absolute Gasteiger partial charge is 0.333 e. The molecule has 1 aliphatic heterocycles. The van der Waals surface area contributed by atoms with Gasteiger partial charge in [0.2, 0.25) is 0 Å². The fraction of sp³-hybridized carbons (Fsp3) is 0.444. The molecular weight excluding hydrogens is 156 g/mol. The zero-order chi connectivity index (χ0) is 9.14. The molecule has 1 unspecified atom stereocenters. The summed E-state index contributed by atoms with van der Waals surface area (Å²) < 4.78 is 10.1. The lowest BCUT2D eigenvalue weighted by molar-refractivity contribution is -0.144. The van der Waals surface area contributed by atoms with Crippen LogP contribution < -0.4 is 0 Å². The van der Waals surface area contributed by atoms with Gasteiger partial charge in [-0.3, -0.25) is 0 Å². The predicted octanol–water partition coefficient (Wildman–Crippen LogP) is 1.41. The van der Waals surface area contributed by atoms with Gasteiger partial charge in [-0.05, 0) is 6.92 Å². The number of hydrogen-bond acceptors (Lipinski definition) is 3. The molecule has 1 heterocycles. The molecule has 3 nitrogen and oxygen atoms in total. The Balaban J connectivity index is 2.37. The van der Waals surface area contributed by atoms with Crippen molar-refractivity contribution in [2.24, 2.45) is 0 Å². The third kappa shape index (κ3) is 2.12. The highest BCUT2D eigenvalue weighted by Gasteiger charge is 2.23. The molecule has 0 aliphatic carbocycles. The Hall–Kier alpha value is -1.25. The minimum absolute atomic E-state index is 0.179. The average Bonchev–Trinajstić information content (AvgIpc) is 2.35. The van der Waals surface area contributed by atoms with E-state index in [0.29, 0.717) is 24.4 Å². The quantitative estimate of drug-likeness (QED) is 0.462. The van der Waals surface area contributed by atoms with Crippen molar-refractivity contribution in [1.82, 2.24) is 0 Å². The summed E-state index contributed by atoms with van der Waals surface area (Å²) in [5, 5.41) is 0. The van der Waals surface area contributed by atoms with E-state index in [1.807, 2.05) is 0 Å². The number of esters is 1. The van der Waals surface area contributed by atoms with Crippen LogP contribution in [0.3, 0.4) is 0 Å². The zero-order valence-corrected chi connectivity index (χ0v) is 7.13. The molecule has 1 saturated heterocycles. The van der Waals surface area contributed by atoms with E-state index in [4.69, 9.17) is 9.47 Å². The molecule has 0 aromatic carbocycles. The van der Waals surface area contributed by atoms with Gasteiger partial charge in [0.1, 0.15) is 12.7 Å². The van der Waals surface area contributed by atoms with E-state index in [1.54, 1.807) is 6.92 Å². The summed E-state index contributed by atoms with van der Waals surface area (Å²) in [6, 6.07) is 0. The van der Waals surface area contributed by atoms with Crippen LogP contribution in [0.2, 0.25) is 0 Å². The molecule has 1 fully saturated rings. The van der Waals surface area contributed by atoms with E-state index in [-0.39, 0.29) is 12.1 Å². The molecule has 12 heavy (non-hydrogen) atoms. The molecule has 0 aromatic rings. The maximum absolute atomic E-state index is 11.0. The molecule has 0 aromatic heterocycles. The van der Waals surface area contributed by atoms with Gasteiger partial charge >= 0.3 is 5.97 Å². The Kier molecular flexibility index (Phi) is 2.53. The van der Waals surface area contributed by atoms with Crippen molar-refractivity contribution in [3.63, 3.8) is 0 Å². The molecule has 0 saturated carbocycles. The van der Waals surface area contributed by atoms with Crippen molar-refractivity contribution in [3.8, 4) is 0 Å². The third-order valence-electron chi connectivity index (χ3n) is 1.55. The summed E-state index contributed by atoms with van der Waals surface area (Å²) >= 11 is 0. The number of rotatable bonds is 2. The SMILES string of the molecule is C=C1CC(OC(=O)C(=C)C)CO1. The first kappa shape index (κ1) is 8.84. The first-order valence-corrected chi connectivity index (χ1v) is 3.76. The molecule has 1 rings (SSSR count). The van der Waals surface area contributed by atoms with Crippen molar-refractivity contribution in [1.29, 1.82) is 0 Å². The molecule has 0 N–H and O–H groups in total. The second-order valence-electron chi connectivity index (χ2n) is 2.86. The molecule has 1 aliphatic rings. The van der Waals surface area contributed by atoms with Crippen molar-refractivity contribution >= 4 is 5.97 Å². The average molecular weight is 168 g/mol. The van der Waals surface area contributed by atoms with E-state index >= 15 is 0 Å². The fourth-order valence-corrected chi connectivity index (χ4v) is 0.910. The lowest BCUT2D eigenvalue weighted by Gasteiger charge is -2.07. The third-order valence-corrected chi connectivity index (χ3v) is 1.55. The number of ether oxygens (including phenoxy) is 2. The van der Waals surface area contributed by atoms with Crippen LogP contribution in [-0.2, 0) is 14.3 Å². The molecule has 0 amide bonds. The second-order valence-corrected chi connectivity index (χ2v) is 2.86. The summed E-state index contributed by atoms with van der Waals surface area (Å²) in [5.41, 5.74) is 0.410. The minimum Gasteiger partial charge on any atom is -0.495 e. The number of hydrogen-bond donors (Lipinski definition) is 0. The molecular formula is C9H12O3. The fourth-order valence-electron chi connectivity index (χ4n) is 0.910. The molecule has 0 radical (unpaired) electrons. The number of carbonyl (C=O) groups excluding carboxylic acids is 1. The Morgan fingerprint density at radius 1 is 1.75 bits per heavy atom. The van der Waals surface area contributed by atoms with Crippen LogP contribution in [0.25, 0.3) is 0 Å². The molecule has 0 spiro atoms. The van der Waals surface area contributed by atoms with Gasteiger partial charge in [-0.1, -0.05) is 13.2 Å². The normalized spacial score (nSPS) is 21.8. The van der Waals surface area contributed by atoms with E-state index < -0.39 is 0 Å². The van der Waals surface area contributed by atoms with Crippen LogP contribution in [0.15, 0.2) is 24.5 Å². The van der Waals surface area contributed by atoms with Crippen LogP contribution in [0.5, 0.6) is 0 Å². The van der Waals surface area contributed by atoms with E-state index in [0.717, 1.165) is 0 Å². The predicted molar refractivity (Wildman–Crippen MR) is 44.4 cm³/mol. The van der Waals surface area contributed by atoms with Crippen molar-refractivity contribution in [2.75, 3.05) is 6.61 Å². The van der Waals surface area contributed by atoms with E-state index in [1.165, 1.54) is 0 Å². The van der Waals surface area contributed by atoms with Gasteiger partial charge in [0.15, 0.2) is 0 Å². The molecule has 66 valence electrons. The molecule has 1 atom stereocenters. The summed E-state index contributed by atoms with van der Waals surface area (Å²) in [7, 11) is 0.